The third-order valence-electron chi connectivity index (χ3n) is 0.646. The maximum absolute atomic E-state index is 10.5. The zero-order valence-corrected chi connectivity index (χ0v) is 6.23. The van der Waals surface area contributed by atoms with Gasteiger partial charge in [-0.3, -0.25) is 0 Å². The average Bonchev–Trinajstić information content (AvgIpc) is 1.85. The fourth-order valence-electron chi connectivity index (χ4n) is 0.339. The van der Waals surface area contributed by atoms with Crippen molar-refractivity contribution in [3.63, 3.8) is 0 Å². The van der Waals surface area contributed by atoms with Crippen LogP contribution in [0, 0.1) is 0 Å². The Morgan fingerprint density at radius 1 is 1.78 bits per heavy atom. The summed E-state index contributed by atoms with van der Waals surface area (Å²) in [5.74, 6) is 0.269. The van der Waals surface area contributed by atoms with Gasteiger partial charge in [-0.25, -0.2) is 4.79 Å². The first kappa shape index (κ1) is 8.56. The van der Waals surface area contributed by atoms with Gasteiger partial charge in [0.1, 0.15) is 0 Å². The summed E-state index contributed by atoms with van der Waals surface area (Å²) in [6, 6.07) is 0. The van der Waals surface area contributed by atoms with E-state index < -0.39 is 0 Å². The third kappa shape index (κ3) is 5.43. The zero-order valence-electron chi connectivity index (χ0n) is 5.33. The van der Waals surface area contributed by atoms with E-state index in [1.165, 1.54) is 6.08 Å². The van der Waals surface area contributed by atoms with Gasteiger partial charge in [0.25, 0.3) is 0 Å². The molecule has 0 aliphatic carbocycles. The molecule has 0 spiro atoms. The number of thiol groups is 1. The lowest BCUT2D eigenvalue weighted by Gasteiger charge is -1.92. The molecule has 3 heteroatoms. The minimum absolute atomic E-state index is 0.299. The Kier molecular flexibility index (Phi) is 5.41. The molecule has 0 N–H and O–H groups in total. The van der Waals surface area contributed by atoms with Crippen LogP contribution in [-0.2, 0) is 9.53 Å². The van der Waals surface area contributed by atoms with Crippen molar-refractivity contribution in [3.05, 3.63) is 12.2 Å². The van der Waals surface area contributed by atoms with E-state index >= 15 is 0 Å². The molecule has 0 aromatic carbocycles. The maximum Gasteiger partial charge on any atom is 0.330 e. The van der Waals surface area contributed by atoms with Crippen LogP contribution < -0.4 is 0 Å². The number of ether oxygens (including phenoxy) is 1. The fraction of sp³-hybridized carbons (Fsp3) is 0.500. The van der Waals surface area contributed by atoms with Gasteiger partial charge in [-0.1, -0.05) is 6.08 Å². The van der Waals surface area contributed by atoms with Gasteiger partial charge < -0.3 is 4.74 Å². The lowest BCUT2D eigenvalue weighted by atomic mass is 10.5. The lowest BCUT2D eigenvalue weighted by Crippen LogP contribution is -1.98. The number of rotatable bonds is 3. The van der Waals surface area contributed by atoms with Crippen molar-refractivity contribution in [3.8, 4) is 0 Å². The molecule has 0 aromatic heterocycles. The van der Waals surface area contributed by atoms with Gasteiger partial charge in [0, 0.05) is 11.8 Å². The second-order valence-electron chi connectivity index (χ2n) is 1.34. The van der Waals surface area contributed by atoms with Crippen molar-refractivity contribution < 1.29 is 9.53 Å². The molecule has 0 aliphatic rings. The molecule has 0 aromatic rings. The largest absolute Gasteiger partial charge is 0.463 e. The van der Waals surface area contributed by atoms with E-state index in [2.05, 4.69) is 17.4 Å². The Bertz CT molecular complexity index is 110. The van der Waals surface area contributed by atoms with Crippen LogP contribution in [0.25, 0.3) is 0 Å². The van der Waals surface area contributed by atoms with E-state index in [1.54, 1.807) is 13.0 Å². The second kappa shape index (κ2) is 5.69. The van der Waals surface area contributed by atoms with E-state index in [-0.39, 0.29) is 5.97 Å². The van der Waals surface area contributed by atoms with E-state index in [0.717, 1.165) is 0 Å². The summed E-state index contributed by atoms with van der Waals surface area (Å²) in [7, 11) is 0. The van der Waals surface area contributed by atoms with Gasteiger partial charge in [0.15, 0.2) is 0 Å². The van der Waals surface area contributed by atoms with Crippen molar-refractivity contribution in [2.75, 3.05) is 12.4 Å². The summed E-state index contributed by atoms with van der Waals surface area (Å²) in [5.41, 5.74) is 0. The minimum Gasteiger partial charge on any atom is -0.463 e. The van der Waals surface area contributed by atoms with Gasteiger partial charge in [-0.15, -0.1) is 0 Å². The van der Waals surface area contributed by atoms with E-state index in [0.29, 0.717) is 12.4 Å². The van der Waals surface area contributed by atoms with Crippen LogP contribution >= 0.6 is 12.6 Å². The highest BCUT2D eigenvalue weighted by Gasteiger charge is 1.89. The first-order chi connectivity index (χ1) is 4.31. The van der Waals surface area contributed by atoms with E-state index in [4.69, 9.17) is 0 Å². The molecule has 0 unspecified atom stereocenters. The molecule has 0 aliphatic heterocycles. The van der Waals surface area contributed by atoms with Gasteiger partial charge in [-0.05, 0) is 6.92 Å². The summed E-state index contributed by atoms with van der Waals surface area (Å²) in [6.45, 7) is 2.20. The van der Waals surface area contributed by atoms with Crippen LogP contribution in [0.3, 0.4) is 0 Å². The van der Waals surface area contributed by atoms with E-state index in [9.17, 15) is 4.79 Å². The number of carbonyl (C=O) groups is 1. The van der Waals surface area contributed by atoms with Crippen molar-refractivity contribution in [1.82, 2.24) is 0 Å². The predicted molar refractivity (Wildman–Crippen MR) is 39.6 cm³/mol. The van der Waals surface area contributed by atoms with Crippen molar-refractivity contribution in [2.24, 2.45) is 0 Å². The summed E-state index contributed by atoms with van der Waals surface area (Å²) in [4.78, 5) is 10.5. The topological polar surface area (TPSA) is 26.3 Å². The molecule has 0 fully saturated rings. The molecule has 52 valence electrons. The van der Waals surface area contributed by atoms with Crippen molar-refractivity contribution >= 4 is 18.6 Å². The monoisotopic (exact) mass is 146 g/mol. The molecule has 0 atom stereocenters. The van der Waals surface area contributed by atoms with Gasteiger partial charge in [-0.2, -0.15) is 12.6 Å². The Hall–Kier alpha value is -0.440. The number of hydrogen-bond donors (Lipinski definition) is 1. The van der Waals surface area contributed by atoms with Gasteiger partial charge in [0.2, 0.25) is 0 Å². The molecular formula is C6H10O2S. The first-order valence-corrected chi connectivity index (χ1v) is 3.38. The third-order valence-corrected chi connectivity index (χ3v) is 0.857. The highest BCUT2D eigenvalue weighted by Crippen LogP contribution is 1.82. The van der Waals surface area contributed by atoms with Gasteiger partial charge in [0.05, 0.1) is 6.61 Å². The van der Waals surface area contributed by atoms with Gasteiger partial charge >= 0.3 is 5.97 Å². The maximum atomic E-state index is 10.5. The predicted octanol–water partition coefficient (Wildman–Crippen LogP) is 1.04. The molecule has 9 heavy (non-hydrogen) atoms. The first-order valence-electron chi connectivity index (χ1n) is 2.75. The number of hydrogen-bond acceptors (Lipinski definition) is 3. The van der Waals surface area contributed by atoms with E-state index in [1.807, 2.05) is 0 Å². The Morgan fingerprint density at radius 3 is 2.89 bits per heavy atom. The number of esters is 1. The van der Waals surface area contributed by atoms with Crippen LogP contribution in [0.2, 0.25) is 0 Å². The zero-order chi connectivity index (χ0) is 7.11. The minimum atomic E-state index is -0.299. The van der Waals surface area contributed by atoms with Crippen LogP contribution in [0.4, 0.5) is 0 Å². The number of carbonyl (C=O) groups excluding carboxylic acids is 1. The summed E-state index contributed by atoms with van der Waals surface area (Å²) in [6.07, 6.45) is 3.01. The molecule has 0 saturated carbocycles. The molecular weight excluding hydrogens is 136 g/mol. The summed E-state index contributed by atoms with van der Waals surface area (Å²) >= 11 is 3.87. The molecule has 0 bridgehead atoms. The van der Waals surface area contributed by atoms with Crippen LogP contribution in [0.1, 0.15) is 6.92 Å². The fourth-order valence-corrected chi connectivity index (χ4v) is 0.445. The molecule has 0 radical (unpaired) electrons. The Labute approximate surface area is 60.3 Å². The Balaban J connectivity index is 3.37. The second-order valence-corrected chi connectivity index (χ2v) is 1.70. The molecule has 0 rings (SSSR count). The summed E-state index contributed by atoms with van der Waals surface area (Å²) in [5, 5.41) is 0. The highest BCUT2D eigenvalue weighted by atomic mass is 32.1. The SMILES string of the molecule is CCOC(=O)/C=C/CS. The molecule has 0 amide bonds. The standard InChI is InChI=1S/C6H10O2S/c1-2-8-6(7)4-3-5-9/h3-4,9H,2,5H2,1H3/b4-3+. The smallest absolute Gasteiger partial charge is 0.330 e. The lowest BCUT2D eigenvalue weighted by molar-refractivity contribution is -0.137. The Morgan fingerprint density at radius 2 is 2.44 bits per heavy atom. The van der Waals surface area contributed by atoms with Crippen molar-refractivity contribution in [2.45, 2.75) is 6.92 Å². The normalized spacial score (nSPS) is 10.0. The average molecular weight is 146 g/mol. The van der Waals surface area contributed by atoms with Crippen LogP contribution in [0.5, 0.6) is 0 Å². The summed E-state index contributed by atoms with van der Waals surface area (Å²) < 4.78 is 4.58. The molecule has 0 heterocycles. The highest BCUT2D eigenvalue weighted by molar-refractivity contribution is 7.80. The quantitative estimate of drug-likeness (QED) is 0.366. The molecule has 2 nitrogen and oxygen atoms in total. The van der Waals surface area contributed by atoms with Crippen LogP contribution in [0.15, 0.2) is 12.2 Å². The van der Waals surface area contributed by atoms with Crippen LogP contribution in [-0.4, -0.2) is 18.3 Å². The molecule has 0 saturated heterocycles. The van der Waals surface area contributed by atoms with Crippen molar-refractivity contribution in [1.29, 1.82) is 0 Å².